The molecule has 0 amide bonds. The summed E-state index contributed by atoms with van der Waals surface area (Å²) in [5.41, 5.74) is 10.8. The molecule has 0 aromatic heterocycles. The molecule has 2 aliphatic carbocycles. The standard InChI is InChI=1S/C41H60B2O4.C29H36Br2.C12H24B2O4/c1-11-13-15-17-19-21-27-41(28-22-20-18-16-14-12-2)35-29-31(42-44-37(3,4)38(5,6)45-42)23-25-33(35)34-26-24-32(30-36(34)41)43-46-39(7,8)40(9,10)47-43;1-3-5-7-9-11-13-19-29(20-14-12-10-8-6-4-2)27-21-23(30)15-17-25(27)26-18-16-24(31)22-28(26)29;1-9(2)10(3,4)16-13(15-9)14-17-11(5,6)12(7,8)18-14/h11-12,23-26,29-30H,1-2,13-22,27-28H2,3-10H3;3-4,15-18,21-22H,1-2,5-14,19-20H2;1-8H3. The summed E-state index contributed by atoms with van der Waals surface area (Å²) < 4.78 is 52.6. The molecule has 6 aliphatic rings. The minimum absolute atomic E-state index is 0.0964. The molecule has 4 fully saturated rings. The van der Waals surface area contributed by atoms with Crippen molar-refractivity contribution in [1.82, 2.24) is 0 Å². The van der Waals surface area contributed by atoms with Crippen LogP contribution in [0.1, 0.15) is 287 Å². The van der Waals surface area contributed by atoms with Crippen molar-refractivity contribution in [2.45, 2.75) is 321 Å². The lowest BCUT2D eigenvalue weighted by atomic mass is 9.49. The highest BCUT2D eigenvalue weighted by atomic mass is 79.9. The lowest BCUT2D eigenvalue weighted by molar-refractivity contribution is 0.00578. The maximum atomic E-state index is 6.58. The Balaban J connectivity index is 0.000000205. The van der Waals surface area contributed by atoms with E-state index in [-0.39, 0.29) is 69.9 Å². The van der Waals surface area contributed by atoms with Crippen LogP contribution in [0.25, 0.3) is 22.3 Å². The van der Waals surface area contributed by atoms with Crippen molar-refractivity contribution in [3.8, 4) is 22.3 Å². The molecule has 10 rings (SSSR count). The molecule has 0 unspecified atom stereocenters. The molecule has 8 nitrogen and oxygen atoms in total. The zero-order chi connectivity index (χ0) is 70.2. The second-order valence-corrected chi connectivity index (χ2v) is 34.4. The van der Waals surface area contributed by atoms with Crippen LogP contribution in [0.15, 0.2) is 132 Å². The van der Waals surface area contributed by atoms with Gasteiger partial charge in [-0.05, 0) is 268 Å². The number of rotatable bonds is 31. The van der Waals surface area contributed by atoms with Gasteiger partial charge in [-0.2, -0.15) is 0 Å². The molecular formula is C82H120B4Br2O8. The monoisotopic (exact) mass is 1430 g/mol. The van der Waals surface area contributed by atoms with E-state index in [1.807, 2.05) is 79.7 Å². The molecule has 4 aliphatic heterocycles. The molecule has 0 spiro atoms. The first-order valence-corrected chi connectivity index (χ1v) is 38.5. The second kappa shape index (κ2) is 32.4. The molecule has 0 saturated carbocycles. The Bertz CT molecular complexity index is 3010. The van der Waals surface area contributed by atoms with Crippen LogP contribution in [0, 0.1) is 0 Å². The lowest BCUT2D eigenvalue weighted by Crippen LogP contribution is -2.41. The summed E-state index contributed by atoms with van der Waals surface area (Å²) in [6, 6.07) is 27.8. The third kappa shape index (κ3) is 17.4. The van der Waals surface area contributed by atoms with Gasteiger partial charge >= 0.3 is 28.3 Å². The zero-order valence-corrected chi connectivity index (χ0v) is 65.5. The molecule has 0 bridgehead atoms. The molecule has 4 aromatic carbocycles. The highest BCUT2D eigenvalue weighted by Crippen LogP contribution is 2.57. The predicted octanol–water partition coefficient (Wildman–Crippen LogP) is 22.4. The van der Waals surface area contributed by atoms with Crippen LogP contribution in [0.3, 0.4) is 0 Å². The fraction of sp³-hybridized carbons (Fsp3) is 0.610. The minimum Gasteiger partial charge on any atom is -0.405 e. The Labute approximate surface area is 601 Å². The number of fused-ring (bicyclic) bond motifs is 6. The molecule has 14 heteroatoms. The average Bonchev–Trinajstić information content (AvgIpc) is 1.55. The quantitative estimate of drug-likeness (QED) is 0.0280. The molecule has 522 valence electrons. The van der Waals surface area contributed by atoms with Crippen molar-refractivity contribution in [2.75, 3.05) is 0 Å². The maximum absolute atomic E-state index is 6.58. The SMILES string of the molecule is C=CCCCCCCC1(CCCCCCC=C)c2cc(B3OC(C)(C)C(C)(C)O3)ccc2-c2ccc(B3OC(C)(C)C(C)(C)O3)cc21.C=CCCCCCCC1(CCCCCCC=C)c2cc(Br)ccc2-c2ccc(Br)cc21.CC1(C)OB(B2OC(C)(C)C(C)(C)O2)OC1(C)C. The van der Waals surface area contributed by atoms with Gasteiger partial charge in [0.25, 0.3) is 0 Å². The van der Waals surface area contributed by atoms with E-state index in [0.29, 0.717) is 0 Å². The van der Waals surface area contributed by atoms with E-state index in [1.165, 1.54) is 169 Å². The van der Waals surface area contributed by atoms with Crippen LogP contribution in [0.4, 0.5) is 0 Å². The third-order valence-electron chi connectivity index (χ3n) is 23.6. The Morgan fingerprint density at radius 1 is 0.292 bits per heavy atom. The summed E-state index contributed by atoms with van der Waals surface area (Å²) in [6.07, 6.45) is 37.4. The number of halogens is 2. The van der Waals surface area contributed by atoms with Gasteiger partial charge in [0.1, 0.15) is 0 Å². The minimum atomic E-state index is -0.476. The summed E-state index contributed by atoms with van der Waals surface area (Å²) in [4.78, 5) is 0. The van der Waals surface area contributed by atoms with Crippen LogP contribution < -0.4 is 10.9 Å². The van der Waals surface area contributed by atoms with Crippen molar-refractivity contribution >= 4 is 71.0 Å². The van der Waals surface area contributed by atoms with Gasteiger partial charge in [0, 0.05) is 19.8 Å². The molecular weight excluding hydrogens is 1320 g/mol. The fourth-order valence-corrected chi connectivity index (χ4v) is 15.5. The Hall–Kier alpha value is -3.26. The van der Waals surface area contributed by atoms with E-state index >= 15 is 0 Å². The number of hydrogen-bond acceptors (Lipinski definition) is 8. The molecule has 4 saturated heterocycles. The Kier molecular flexibility index (Phi) is 26.5. The smallest absolute Gasteiger partial charge is 0.405 e. The maximum Gasteiger partial charge on any atom is 0.494 e. The normalized spacial score (nSPS) is 20.7. The topological polar surface area (TPSA) is 73.8 Å². The molecule has 0 N–H and O–H groups in total. The van der Waals surface area contributed by atoms with Gasteiger partial charge in [0.05, 0.1) is 44.8 Å². The van der Waals surface area contributed by atoms with Crippen molar-refractivity contribution in [3.05, 3.63) is 155 Å². The van der Waals surface area contributed by atoms with E-state index in [1.54, 1.807) is 0 Å². The summed E-state index contributed by atoms with van der Waals surface area (Å²) in [5.74, 6) is 0. The summed E-state index contributed by atoms with van der Waals surface area (Å²) in [7, 11) is -1.72. The van der Waals surface area contributed by atoms with Crippen molar-refractivity contribution in [3.63, 3.8) is 0 Å². The number of benzene rings is 4. The zero-order valence-electron chi connectivity index (χ0n) is 62.4. The molecule has 0 atom stereocenters. The number of allylic oxidation sites excluding steroid dienone is 4. The average molecular weight is 1440 g/mol. The van der Waals surface area contributed by atoms with Crippen LogP contribution in [-0.2, 0) is 48.1 Å². The molecule has 4 heterocycles. The van der Waals surface area contributed by atoms with Crippen LogP contribution in [0.5, 0.6) is 0 Å². The van der Waals surface area contributed by atoms with Crippen LogP contribution >= 0.6 is 31.9 Å². The lowest BCUT2D eigenvalue weighted by Gasteiger charge is -2.33. The summed E-state index contributed by atoms with van der Waals surface area (Å²) in [6.45, 7) is 48.9. The van der Waals surface area contributed by atoms with Gasteiger partial charge < -0.3 is 37.2 Å². The highest BCUT2D eigenvalue weighted by molar-refractivity contribution is 9.10. The number of unbranched alkanes of at least 4 members (excludes halogenated alkanes) is 16. The van der Waals surface area contributed by atoms with E-state index in [2.05, 4.69) is 186 Å². The van der Waals surface area contributed by atoms with E-state index in [9.17, 15) is 0 Å². The Morgan fingerprint density at radius 3 is 0.760 bits per heavy atom. The van der Waals surface area contributed by atoms with Gasteiger partial charge in [-0.3, -0.25) is 0 Å². The largest absolute Gasteiger partial charge is 0.494 e. The summed E-state index contributed by atoms with van der Waals surface area (Å²) in [5, 5.41) is 0. The number of hydrogen-bond donors (Lipinski definition) is 0. The van der Waals surface area contributed by atoms with Crippen molar-refractivity contribution in [2.24, 2.45) is 0 Å². The van der Waals surface area contributed by atoms with E-state index < -0.39 is 14.0 Å². The first-order valence-electron chi connectivity index (χ1n) is 36.9. The summed E-state index contributed by atoms with van der Waals surface area (Å²) >= 11 is 7.54. The van der Waals surface area contributed by atoms with Gasteiger partial charge in [-0.25, -0.2) is 0 Å². The van der Waals surface area contributed by atoms with Crippen molar-refractivity contribution < 1.29 is 37.2 Å². The molecule has 0 radical (unpaired) electrons. The third-order valence-corrected chi connectivity index (χ3v) is 24.5. The van der Waals surface area contributed by atoms with Gasteiger partial charge in [-0.15, -0.1) is 26.3 Å². The van der Waals surface area contributed by atoms with Gasteiger partial charge in [0.2, 0.25) is 0 Å². The van der Waals surface area contributed by atoms with E-state index in [4.69, 9.17) is 37.2 Å². The fourth-order valence-electron chi connectivity index (χ4n) is 14.8. The predicted molar refractivity (Wildman–Crippen MR) is 416 cm³/mol. The Morgan fingerprint density at radius 2 is 0.510 bits per heavy atom. The van der Waals surface area contributed by atoms with Crippen LogP contribution in [-0.4, -0.2) is 73.1 Å². The van der Waals surface area contributed by atoms with Gasteiger partial charge in [-0.1, -0.05) is 182 Å². The first kappa shape index (κ1) is 78.5. The van der Waals surface area contributed by atoms with E-state index in [0.717, 1.165) is 49.5 Å². The van der Waals surface area contributed by atoms with Crippen LogP contribution in [0.2, 0.25) is 0 Å². The highest BCUT2D eigenvalue weighted by Gasteiger charge is 2.64. The van der Waals surface area contributed by atoms with Gasteiger partial charge in [0.15, 0.2) is 0 Å². The molecule has 96 heavy (non-hydrogen) atoms. The van der Waals surface area contributed by atoms with Crippen molar-refractivity contribution in [1.29, 1.82) is 0 Å². The molecule has 4 aromatic rings. The second-order valence-electron chi connectivity index (χ2n) is 32.5. The first-order chi connectivity index (χ1) is 45.2.